The molecule has 21 heavy (non-hydrogen) atoms. The Morgan fingerprint density at radius 3 is 3.14 bits per heavy atom. The van der Waals surface area contributed by atoms with Crippen LogP contribution in [0.1, 0.15) is 18.4 Å². The molecule has 0 bridgehead atoms. The van der Waals surface area contributed by atoms with Gasteiger partial charge in [-0.3, -0.25) is 16.2 Å². The van der Waals surface area contributed by atoms with Gasteiger partial charge in [-0.05, 0) is 43.5 Å². The monoisotopic (exact) mass is 313 g/mol. The predicted molar refractivity (Wildman–Crippen MR) is 80.6 cm³/mol. The van der Waals surface area contributed by atoms with Gasteiger partial charge in [0.1, 0.15) is 5.82 Å². The molecule has 1 aromatic rings. The smallest absolute Gasteiger partial charge is 0.141 e. The van der Waals surface area contributed by atoms with Crippen LogP contribution in [-0.2, 0) is 11.2 Å². The second kappa shape index (κ2) is 6.58. The molecule has 2 heterocycles. The summed E-state index contributed by atoms with van der Waals surface area (Å²) in [5.74, 6) is 5.30. The number of ether oxygens (including phenoxy) is 1. The maximum Gasteiger partial charge on any atom is 0.141 e. The molecule has 6 heteroatoms. The van der Waals surface area contributed by atoms with Crippen LogP contribution in [0.2, 0.25) is 5.02 Å². The Morgan fingerprint density at radius 1 is 1.52 bits per heavy atom. The average Bonchev–Trinajstić information content (AvgIpc) is 2.95. The summed E-state index contributed by atoms with van der Waals surface area (Å²) in [6, 6.07) is 5.35. The molecule has 2 aliphatic rings. The summed E-state index contributed by atoms with van der Waals surface area (Å²) in [4.78, 5) is 2.48. The molecule has 0 radical (unpaired) electrons. The minimum atomic E-state index is -0.397. The van der Waals surface area contributed by atoms with Crippen molar-refractivity contribution in [2.75, 3.05) is 19.7 Å². The van der Waals surface area contributed by atoms with E-state index in [1.54, 1.807) is 12.1 Å². The number of benzene rings is 1. The number of morpholine rings is 1. The molecule has 2 saturated heterocycles. The zero-order valence-corrected chi connectivity index (χ0v) is 12.7. The van der Waals surface area contributed by atoms with Gasteiger partial charge in [0.2, 0.25) is 0 Å². The minimum Gasteiger partial charge on any atom is -0.374 e. The molecule has 2 fully saturated rings. The number of halogens is 2. The van der Waals surface area contributed by atoms with Crippen molar-refractivity contribution in [2.24, 2.45) is 5.84 Å². The highest BCUT2D eigenvalue weighted by molar-refractivity contribution is 6.30. The third kappa shape index (κ3) is 3.38. The Morgan fingerprint density at radius 2 is 2.38 bits per heavy atom. The molecule has 3 atom stereocenters. The first-order valence-electron chi connectivity index (χ1n) is 7.43. The molecule has 1 aromatic carbocycles. The van der Waals surface area contributed by atoms with Crippen molar-refractivity contribution >= 4 is 11.6 Å². The van der Waals surface area contributed by atoms with E-state index in [-0.39, 0.29) is 17.2 Å². The molecule has 3 unspecified atom stereocenters. The highest BCUT2D eigenvalue weighted by atomic mass is 35.5. The number of hydrogen-bond acceptors (Lipinski definition) is 4. The van der Waals surface area contributed by atoms with Gasteiger partial charge in [0.15, 0.2) is 0 Å². The fraction of sp³-hybridized carbons (Fsp3) is 0.600. The third-order valence-corrected chi connectivity index (χ3v) is 4.81. The van der Waals surface area contributed by atoms with Crippen molar-refractivity contribution in [3.63, 3.8) is 0 Å². The first kappa shape index (κ1) is 15.2. The molecule has 0 spiro atoms. The standard InChI is InChI=1S/C15H21ClFN3O/c16-12-6-10(3-4-13(12)17)7-14(19-18)15-8-20-5-1-2-11(20)9-21-15/h3-4,6,11,14-15,19H,1-2,5,7-9,18H2. The van der Waals surface area contributed by atoms with Crippen molar-refractivity contribution in [2.45, 2.75) is 37.5 Å². The van der Waals surface area contributed by atoms with Crippen LogP contribution in [0.4, 0.5) is 4.39 Å². The maximum atomic E-state index is 13.2. The Hall–Kier alpha value is -0.720. The summed E-state index contributed by atoms with van der Waals surface area (Å²) in [5, 5.41) is 0.146. The first-order valence-corrected chi connectivity index (χ1v) is 7.81. The van der Waals surface area contributed by atoms with Crippen molar-refractivity contribution in [1.82, 2.24) is 10.3 Å². The minimum absolute atomic E-state index is 0.00641. The topological polar surface area (TPSA) is 50.5 Å². The second-order valence-corrected chi connectivity index (χ2v) is 6.30. The van der Waals surface area contributed by atoms with E-state index in [0.29, 0.717) is 12.5 Å². The predicted octanol–water partition coefficient (Wildman–Crippen LogP) is 1.72. The molecular weight excluding hydrogens is 293 g/mol. The highest BCUT2D eigenvalue weighted by Crippen LogP contribution is 2.25. The zero-order chi connectivity index (χ0) is 14.8. The van der Waals surface area contributed by atoms with Gasteiger partial charge in [-0.1, -0.05) is 17.7 Å². The molecule has 4 nitrogen and oxygen atoms in total. The van der Waals surface area contributed by atoms with Crippen LogP contribution in [0.3, 0.4) is 0 Å². The fourth-order valence-corrected chi connectivity index (χ4v) is 3.51. The van der Waals surface area contributed by atoms with E-state index in [9.17, 15) is 4.39 Å². The second-order valence-electron chi connectivity index (χ2n) is 5.89. The van der Waals surface area contributed by atoms with Gasteiger partial charge in [0, 0.05) is 12.6 Å². The van der Waals surface area contributed by atoms with Gasteiger partial charge < -0.3 is 4.74 Å². The fourth-order valence-electron chi connectivity index (χ4n) is 3.30. The number of fused-ring (bicyclic) bond motifs is 1. The van der Waals surface area contributed by atoms with Gasteiger partial charge in [0.25, 0.3) is 0 Å². The number of hydrazine groups is 1. The van der Waals surface area contributed by atoms with E-state index < -0.39 is 5.82 Å². The van der Waals surface area contributed by atoms with E-state index in [1.807, 2.05) is 0 Å². The maximum absolute atomic E-state index is 13.2. The molecule has 3 rings (SSSR count). The van der Waals surface area contributed by atoms with Crippen LogP contribution in [0, 0.1) is 5.82 Å². The lowest BCUT2D eigenvalue weighted by atomic mass is 10.00. The number of nitrogens with two attached hydrogens (primary N) is 1. The summed E-state index contributed by atoms with van der Waals surface area (Å²) < 4.78 is 19.2. The molecule has 0 saturated carbocycles. The van der Waals surface area contributed by atoms with E-state index in [0.717, 1.165) is 25.3 Å². The van der Waals surface area contributed by atoms with Crippen LogP contribution in [-0.4, -0.2) is 42.8 Å². The van der Waals surface area contributed by atoms with E-state index in [4.69, 9.17) is 22.2 Å². The molecule has 3 N–H and O–H groups in total. The van der Waals surface area contributed by atoms with Gasteiger partial charge in [-0.2, -0.15) is 0 Å². The molecular formula is C15H21ClFN3O. The van der Waals surface area contributed by atoms with E-state index in [1.165, 1.54) is 18.9 Å². The van der Waals surface area contributed by atoms with Crippen molar-refractivity contribution in [1.29, 1.82) is 0 Å². The van der Waals surface area contributed by atoms with Crippen molar-refractivity contribution in [3.05, 3.63) is 34.6 Å². The number of nitrogens with zero attached hydrogens (tertiary/aromatic N) is 1. The van der Waals surface area contributed by atoms with Crippen LogP contribution < -0.4 is 11.3 Å². The summed E-state index contributed by atoms with van der Waals surface area (Å²) in [5.41, 5.74) is 3.80. The Bertz CT molecular complexity index is 502. The Kier molecular flexibility index (Phi) is 4.76. The van der Waals surface area contributed by atoms with Crippen molar-refractivity contribution in [3.8, 4) is 0 Å². The first-order chi connectivity index (χ1) is 10.2. The van der Waals surface area contributed by atoms with E-state index >= 15 is 0 Å². The number of nitrogens with one attached hydrogen (secondary N) is 1. The third-order valence-electron chi connectivity index (χ3n) is 4.52. The Balaban J connectivity index is 1.65. The van der Waals surface area contributed by atoms with Gasteiger partial charge in [0.05, 0.1) is 23.8 Å². The highest BCUT2D eigenvalue weighted by Gasteiger charge is 2.35. The van der Waals surface area contributed by atoms with Crippen LogP contribution >= 0.6 is 11.6 Å². The molecule has 0 amide bonds. The molecule has 116 valence electrons. The molecule has 0 aromatic heterocycles. The number of hydrogen-bond donors (Lipinski definition) is 2. The lowest BCUT2D eigenvalue weighted by molar-refractivity contribution is -0.0644. The Labute approximate surface area is 129 Å². The molecule has 0 aliphatic carbocycles. The van der Waals surface area contributed by atoms with Gasteiger partial charge >= 0.3 is 0 Å². The quantitative estimate of drug-likeness (QED) is 0.656. The zero-order valence-electron chi connectivity index (χ0n) is 11.9. The van der Waals surface area contributed by atoms with Crippen LogP contribution in [0.5, 0.6) is 0 Å². The average molecular weight is 314 g/mol. The van der Waals surface area contributed by atoms with Crippen LogP contribution in [0.15, 0.2) is 18.2 Å². The summed E-state index contributed by atoms with van der Waals surface area (Å²) >= 11 is 5.83. The lowest BCUT2D eigenvalue weighted by Gasteiger charge is -2.38. The van der Waals surface area contributed by atoms with Gasteiger partial charge in [-0.25, -0.2) is 4.39 Å². The summed E-state index contributed by atoms with van der Waals surface area (Å²) in [6.45, 7) is 2.81. The van der Waals surface area contributed by atoms with Crippen LogP contribution in [0.25, 0.3) is 0 Å². The van der Waals surface area contributed by atoms with Crippen molar-refractivity contribution < 1.29 is 9.13 Å². The van der Waals surface area contributed by atoms with E-state index in [2.05, 4.69) is 10.3 Å². The van der Waals surface area contributed by atoms with Gasteiger partial charge in [-0.15, -0.1) is 0 Å². The molecule has 2 aliphatic heterocycles. The number of rotatable bonds is 4. The summed E-state index contributed by atoms with van der Waals surface area (Å²) in [6.07, 6.45) is 3.18. The lowest BCUT2D eigenvalue weighted by Crippen LogP contribution is -2.56. The SMILES string of the molecule is NNC(Cc1ccc(F)c(Cl)c1)C1CN2CCCC2CO1. The summed E-state index contributed by atoms with van der Waals surface area (Å²) in [7, 11) is 0. The normalized spacial score (nSPS) is 27.6. The largest absolute Gasteiger partial charge is 0.374 e.